The van der Waals surface area contributed by atoms with Crippen LogP contribution in [0.25, 0.3) is 0 Å². The van der Waals surface area contributed by atoms with E-state index < -0.39 is 0 Å². The van der Waals surface area contributed by atoms with Crippen molar-refractivity contribution in [1.82, 2.24) is 25.4 Å². The summed E-state index contributed by atoms with van der Waals surface area (Å²) in [5.41, 5.74) is 2.06. The van der Waals surface area contributed by atoms with Gasteiger partial charge in [-0.3, -0.25) is 9.48 Å². The molecule has 0 atom stereocenters. The molecule has 1 aliphatic heterocycles. The van der Waals surface area contributed by atoms with Crippen LogP contribution in [0.15, 0.2) is 35.6 Å². The molecule has 0 radical (unpaired) electrons. The van der Waals surface area contributed by atoms with Gasteiger partial charge in [0.15, 0.2) is 5.96 Å². The smallest absolute Gasteiger partial charge is 0.227 e. The molecule has 2 heterocycles. The van der Waals surface area contributed by atoms with Crippen molar-refractivity contribution in [3.05, 3.63) is 42.0 Å². The molecule has 3 rings (SSSR count). The number of hydrogen-bond donors (Lipinski definition) is 2. The van der Waals surface area contributed by atoms with Crippen LogP contribution in [0, 0.1) is 0 Å². The van der Waals surface area contributed by atoms with Gasteiger partial charge in [0, 0.05) is 32.2 Å². The molecule has 0 saturated carbocycles. The number of rotatable bonds is 6. The van der Waals surface area contributed by atoms with E-state index in [0.717, 1.165) is 42.5 Å². The molecule has 2 aromatic rings. The minimum absolute atomic E-state index is 0.207. The lowest BCUT2D eigenvalue weighted by Crippen LogP contribution is -2.37. The number of guanidine groups is 1. The van der Waals surface area contributed by atoms with Crippen LogP contribution >= 0.6 is 0 Å². The van der Waals surface area contributed by atoms with E-state index in [9.17, 15) is 4.79 Å². The minimum atomic E-state index is 0.207. The second-order valence-electron chi connectivity index (χ2n) is 6.16. The molecular formula is C18H25N7O. The van der Waals surface area contributed by atoms with Crippen molar-refractivity contribution in [3.63, 3.8) is 0 Å². The number of carbonyl (C=O) groups excluding carboxylic acids is 1. The molecule has 8 nitrogen and oxygen atoms in total. The molecular weight excluding hydrogens is 330 g/mol. The standard InChI is InChI=1S/C18H25N7O/c1-3-19-18(21-12-16-22-13-23-24(16)2)20-11-14-6-8-15(9-7-14)25-10-4-5-17(25)26/h6-9,13H,3-5,10-12H2,1-2H3,(H2,19,20,21). The highest BCUT2D eigenvalue weighted by atomic mass is 16.2. The lowest BCUT2D eigenvalue weighted by Gasteiger charge is -2.15. The molecule has 0 bridgehead atoms. The van der Waals surface area contributed by atoms with E-state index in [4.69, 9.17) is 0 Å². The van der Waals surface area contributed by atoms with E-state index in [0.29, 0.717) is 19.5 Å². The normalized spacial score (nSPS) is 14.8. The van der Waals surface area contributed by atoms with Crippen LogP contribution in [0.3, 0.4) is 0 Å². The molecule has 1 amide bonds. The Morgan fingerprint density at radius 2 is 2.08 bits per heavy atom. The van der Waals surface area contributed by atoms with Gasteiger partial charge in [-0.15, -0.1) is 0 Å². The number of carbonyl (C=O) groups is 1. The summed E-state index contributed by atoms with van der Waals surface area (Å²) >= 11 is 0. The lowest BCUT2D eigenvalue weighted by atomic mass is 10.2. The summed E-state index contributed by atoms with van der Waals surface area (Å²) in [4.78, 5) is 22.5. The Morgan fingerprint density at radius 3 is 2.69 bits per heavy atom. The van der Waals surface area contributed by atoms with Gasteiger partial charge in [-0.2, -0.15) is 5.10 Å². The quantitative estimate of drug-likeness (QED) is 0.600. The second-order valence-corrected chi connectivity index (χ2v) is 6.16. The van der Waals surface area contributed by atoms with Crippen LogP contribution in [0.4, 0.5) is 5.69 Å². The average Bonchev–Trinajstić information content (AvgIpc) is 3.26. The molecule has 1 aromatic heterocycles. The second kappa shape index (κ2) is 8.46. The Bertz CT molecular complexity index is 766. The largest absolute Gasteiger partial charge is 0.357 e. The summed E-state index contributed by atoms with van der Waals surface area (Å²) < 4.78 is 1.73. The number of aryl methyl sites for hydroxylation is 1. The van der Waals surface area contributed by atoms with Crippen molar-refractivity contribution in [3.8, 4) is 0 Å². The first-order chi connectivity index (χ1) is 12.7. The Hall–Kier alpha value is -2.90. The predicted octanol–water partition coefficient (Wildman–Crippen LogP) is 1.20. The van der Waals surface area contributed by atoms with Crippen LogP contribution in [0.2, 0.25) is 0 Å². The summed E-state index contributed by atoms with van der Waals surface area (Å²) in [6, 6.07) is 8.04. The van der Waals surface area contributed by atoms with Crippen molar-refractivity contribution in [2.45, 2.75) is 32.9 Å². The molecule has 8 heteroatoms. The van der Waals surface area contributed by atoms with Gasteiger partial charge in [0.25, 0.3) is 0 Å². The molecule has 0 unspecified atom stereocenters. The summed E-state index contributed by atoms with van der Waals surface area (Å²) in [6.45, 7) is 4.73. The first-order valence-electron chi connectivity index (χ1n) is 8.91. The van der Waals surface area contributed by atoms with Gasteiger partial charge in [0.2, 0.25) is 5.91 Å². The molecule has 0 aliphatic carbocycles. The third-order valence-corrected chi connectivity index (χ3v) is 4.30. The zero-order chi connectivity index (χ0) is 18.4. The first kappa shape index (κ1) is 17.9. The number of nitrogens with zero attached hydrogens (tertiary/aromatic N) is 5. The summed E-state index contributed by atoms with van der Waals surface area (Å²) in [5, 5.41) is 10.5. The maximum atomic E-state index is 11.8. The third kappa shape index (κ3) is 4.38. The maximum Gasteiger partial charge on any atom is 0.227 e. The SMILES string of the molecule is CCNC(=NCc1ccc(N2CCCC2=O)cc1)NCc1ncnn1C. The maximum absolute atomic E-state index is 11.8. The molecule has 1 fully saturated rings. The zero-order valence-corrected chi connectivity index (χ0v) is 15.3. The van der Waals surface area contributed by atoms with Gasteiger partial charge in [0.05, 0.1) is 13.1 Å². The zero-order valence-electron chi connectivity index (χ0n) is 15.3. The van der Waals surface area contributed by atoms with Gasteiger partial charge in [-0.05, 0) is 31.0 Å². The number of benzene rings is 1. The van der Waals surface area contributed by atoms with Crippen LogP contribution < -0.4 is 15.5 Å². The van der Waals surface area contributed by atoms with Crippen molar-refractivity contribution in [2.24, 2.45) is 12.0 Å². The topological polar surface area (TPSA) is 87.4 Å². The fraction of sp³-hybridized carbons (Fsp3) is 0.444. The lowest BCUT2D eigenvalue weighted by molar-refractivity contribution is -0.117. The van der Waals surface area contributed by atoms with Gasteiger partial charge in [-0.1, -0.05) is 12.1 Å². The number of amides is 1. The van der Waals surface area contributed by atoms with Crippen LogP contribution in [-0.4, -0.2) is 39.7 Å². The molecule has 138 valence electrons. The van der Waals surface area contributed by atoms with Crippen molar-refractivity contribution >= 4 is 17.6 Å². The summed E-state index contributed by atoms with van der Waals surface area (Å²) in [5.74, 6) is 1.78. The van der Waals surface area contributed by atoms with Crippen LogP contribution in [-0.2, 0) is 24.9 Å². The molecule has 26 heavy (non-hydrogen) atoms. The number of hydrogen-bond acceptors (Lipinski definition) is 4. The van der Waals surface area contributed by atoms with Gasteiger partial charge in [0.1, 0.15) is 12.2 Å². The fourth-order valence-corrected chi connectivity index (χ4v) is 2.86. The Balaban J connectivity index is 1.60. The van der Waals surface area contributed by atoms with Crippen molar-refractivity contribution < 1.29 is 4.79 Å². The van der Waals surface area contributed by atoms with Crippen molar-refractivity contribution in [2.75, 3.05) is 18.0 Å². The van der Waals surface area contributed by atoms with E-state index in [1.165, 1.54) is 6.33 Å². The average molecular weight is 355 g/mol. The predicted molar refractivity (Wildman–Crippen MR) is 101 cm³/mol. The number of nitrogens with one attached hydrogen (secondary N) is 2. The van der Waals surface area contributed by atoms with Crippen LogP contribution in [0.1, 0.15) is 31.2 Å². The van der Waals surface area contributed by atoms with Gasteiger partial charge >= 0.3 is 0 Å². The van der Waals surface area contributed by atoms with E-state index in [1.54, 1.807) is 4.68 Å². The third-order valence-electron chi connectivity index (χ3n) is 4.30. The summed E-state index contributed by atoms with van der Waals surface area (Å²) in [7, 11) is 1.86. The highest BCUT2D eigenvalue weighted by molar-refractivity contribution is 5.95. The Labute approximate surface area is 153 Å². The Kier molecular flexibility index (Phi) is 5.83. The fourth-order valence-electron chi connectivity index (χ4n) is 2.86. The highest BCUT2D eigenvalue weighted by Crippen LogP contribution is 2.21. The minimum Gasteiger partial charge on any atom is -0.357 e. The van der Waals surface area contributed by atoms with E-state index in [1.807, 2.05) is 43.1 Å². The first-order valence-corrected chi connectivity index (χ1v) is 8.91. The molecule has 0 spiro atoms. The van der Waals surface area contributed by atoms with Crippen molar-refractivity contribution in [1.29, 1.82) is 0 Å². The highest BCUT2D eigenvalue weighted by Gasteiger charge is 2.21. The molecule has 1 saturated heterocycles. The number of aromatic nitrogens is 3. The van der Waals surface area contributed by atoms with E-state index in [2.05, 4.69) is 25.7 Å². The van der Waals surface area contributed by atoms with E-state index >= 15 is 0 Å². The monoisotopic (exact) mass is 355 g/mol. The summed E-state index contributed by atoms with van der Waals surface area (Å²) in [6.07, 6.45) is 3.12. The number of aliphatic imine (C=N–C) groups is 1. The molecule has 2 N–H and O–H groups in total. The van der Waals surface area contributed by atoms with Gasteiger partial charge in [-0.25, -0.2) is 9.98 Å². The van der Waals surface area contributed by atoms with Gasteiger partial charge < -0.3 is 15.5 Å². The van der Waals surface area contributed by atoms with Crippen LogP contribution in [0.5, 0.6) is 0 Å². The molecule has 1 aromatic carbocycles. The Morgan fingerprint density at radius 1 is 1.27 bits per heavy atom. The number of anilines is 1. The molecule has 1 aliphatic rings. The van der Waals surface area contributed by atoms with E-state index in [-0.39, 0.29) is 5.91 Å².